The third kappa shape index (κ3) is 4.37. The van der Waals surface area contributed by atoms with Gasteiger partial charge in [-0.3, -0.25) is 4.79 Å². The Hall–Kier alpha value is -1.72. The van der Waals surface area contributed by atoms with Gasteiger partial charge in [-0.2, -0.15) is 13.2 Å². The number of hydrogen-bond acceptors (Lipinski definition) is 2. The van der Waals surface area contributed by atoms with Crippen molar-refractivity contribution in [2.45, 2.75) is 44.8 Å². The maximum absolute atomic E-state index is 13.0. The molecule has 21 heavy (non-hydrogen) atoms. The van der Waals surface area contributed by atoms with Crippen molar-refractivity contribution in [2.24, 2.45) is 5.92 Å². The van der Waals surface area contributed by atoms with Gasteiger partial charge >= 0.3 is 6.18 Å². The van der Waals surface area contributed by atoms with E-state index in [2.05, 4.69) is 10.6 Å². The Morgan fingerprint density at radius 2 is 1.67 bits per heavy atom. The lowest BCUT2D eigenvalue weighted by Gasteiger charge is -2.34. The number of halogens is 3. The molecule has 2 atom stereocenters. The molecule has 2 rings (SSSR count). The second kappa shape index (κ2) is 6.37. The van der Waals surface area contributed by atoms with Gasteiger partial charge in [0.15, 0.2) is 0 Å². The monoisotopic (exact) mass is 300 g/mol. The number of carbonyl (C=O) groups excluding carboxylic acids is 1. The van der Waals surface area contributed by atoms with Crippen LogP contribution in [0.2, 0.25) is 0 Å². The molecule has 0 aromatic heterocycles. The van der Waals surface area contributed by atoms with Crippen LogP contribution in [0.25, 0.3) is 0 Å². The molecular weight excluding hydrogens is 281 g/mol. The van der Waals surface area contributed by atoms with Crippen molar-refractivity contribution in [3.05, 3.63) is 24.3 Å². The molecule has 1 aromatic rings. The first-order valence-corrected chi connectivity index (χ1v) is 7.07. The molecule has 6 heteroatoms. The summed E-state index contributed by atoms with van der Waals surface area (Å²) in [6.45, 7) is 1.40. The summed E-state index contributed by atoms with van der Waals surface area (Å²) in [4.78, 5) is 10.9. The van der Waals surface area contributed by atoms with Crippen molar-refractivity contribution in [1.82, 2.24) is 0 Å². The highest BCUT2D eigenvalue weighted by Gasteiger charge is 2.45. The second-order valence-electron chi connectivity index (χ2n) is 5.44. The van der Waals surface area contributed by atoms with E-state index in [-0.39, 0.29) is 12.3 Å². The minimum Gasteiger partial charge on any atom is -0.382 e. The van der Waals surface area contributed by atoms with Crippen LogP contribution in [0.4, 0.5) is 24.5 Å². The highest BCUT2D eigenvalue weighted by atomic mass is 19.4. The zero-order valence-corrected chi connectivity index (χ0v) is 11.8. The van der Waals surface area contributed by atoms with Crippen LogP contribution < -0.4 is 10.6 Å². The number of nitrogens with one attached hydrogen (secondary N) is 2. The summed E-state index contributed by atoms with van der Waals surface area (Å²) >= 11 is 0. The van der Waals surface area contributed by atoms with Crippen LogP contribution >= 0.6 is 0 Å². The lowest BCUT2D eigenvalue weighted by atomic mass is 9.84. The van der Waals surface area contributed by atoms with Crippen molar-refractivity contribution in [3.63, 3.8) is 0 Å². The van der Waals surface area contributed by atoms with Crippen LogP contribution in [-0.2, 0) is 4.79 Å². The molecule has 1 aliphatic carbocycles. The summed E-state index contributed by atoms with van der Waals surface area (Å²) in [5.74, 6) is -1.47. The molecule has 1 aromatic carbocycles. The molecule has 0 radical (unpaired) electrons. The molecule has 0 aliphatic heterocycles. The number of benzene rings is 1. The van der Waals surface area contributed by atoms with E-state index in [0.29, 0.717) is 24.2 Å². The summed E-state index contributed by atoms with van der Waals surface area (Å²) in [5, 5.41) is 5.61. The molecule has 1 fully saturated rings. The molecule has 1 saturated carbocycles. The molecule has 0 spiro atoms. The molecule has 0 bridgehead atoms. The summed E-state index contributed by atoms with van der Waals surface area (Å²) in [7, 11) is 0. The summed E-state index contributed by atoms with van der Waals surface area (Å²) in [6.07, 6.45) is -2.00. The number of amides is 1. The van der Waals surface area contributed by atoms with Crippen molar-refractivity contribution in [3.8, 4) is 0 Å². The lowest BCUT2D eigenvalue weighted by molar-refractivity contribution is -0.184. The topological polar surface area (TPSA) is 41.1 Å². The van der Waals surface area contributed by atoms with Crippen molar-refractivity contribution in [1.29, 1.82) is 0 Å². The minimum absolute atomic E-state index is 0.180. The Balaban J connectivity index is 2.03. The van der Waals surface area contributed by atoms with Gasteiger partial charge in [0.1, 0.15) is 0 Å². The third-order valence-electron chi connectivity index (χ3n) is 3.74. The molecule has 1 aliphatic rings. The lowest BCUT2D eigenvalue weighted by Crippen LogP contribution is -2.41. The van der Waals surface area contributed by atoms with Gasteiger partial charge in [0.25, 0.3) is 0 Å². The number of carbonyl (C=O) groups is 1. The number of anilines is 2. The fourth-order valence-corrected chi connectivity index (χ4v) is 2.76. The number of hydrogen-bond donors (Lipinski definition) is 2. The Morgan fingerprint density at radius 1 is 1.10 bits per heavy atom. The zero-order valence-electron chi connectivity index (χ0n) is 11.8. The van der Waals surface area contributed by atoms with Gasteiger partial charge in [0.2, 0.25) is 5.91 Å². The van der Waals surface area contributed by atoms with E-state index < -0.39 is 18.1 Å². The van der Waals surface area contributed by atoms with Crippen molar-refractivity contribution in [2.75, 3.05) is 10.6 Å². The molecule has 1 amide bonds. The van der Waals surface area contributed by atoms with Crippen LogP contribution in [0.15, 0.2) is 24.3 Å². The maximum Gasteiger partial charge on any atom is 0.393 e. The quantitative estimate of drug-likeness (QED) is 0.879. The standard InChI is InChI=1S/C15H19F3N2O/c1-10(21)19-11-6-8-12(9-7-11)20-14-5-3-2-4-13(14)15(16,17)18/h6-9,13-14,20H,2-5H2,1H3,(H,19,21). The van der Waals surface area contributed by atoms with Crippen molar-refractivity contribution >= 4 is 17.3 Å². The predicted molar refractivity (Wildman–Crippen MR) is 76.2 cm³/mol. The van der Waals surface area contributed by atoms with Crippen LogP contribution in [0.1, 0.15) is 32.6 Å². The van der Waals surface area contributed by atoms with Crippen LogP contribution in [0.3, 0.4) is 0 Å². The molecule has 2 N–H and O–H groups in total. The van der Waals surface area contributed by atoms with Gasteiger partial charge in [-0.25, -0.2) is 0 Å². The van der Waals surface area contributed by atoms with Crippen LogP contribution in [0.5, 0.6) is 0 Å². The smallest absolute Gasteiger partial charge is 0.382 e. The van der Waals surface area contributed by atoms with Crippen molar-refractivity contribution < 1.29 is 18.0 Å². The average Bonchev–Trinajstić information content (AvgIpc) is 2.40. The van der Waals surface area contributed by atoms with E-state index in [4.69, 9.17) is 0 Å². The Bertz CT molecular complexity index is 485. The molecule has 116 valence electrons. The normalized spacial score (nSPS) is 22.7. The Labute approximate surface area is 121 Å². The first-order valence-electron chi connectivity index (χ1n) is 7.07. The van der Waals surface area contributed by atoms with E-state index in [0.717, 1.165) is 6.42 Å². The first-order chi connectivity index (χ1) is 9.86. The van der Waals surface area contributed by atoms with Gasteiger partial charge in [-0.15, -0.1) is 0 Å². The third-order valence-corrected chi connectivity index (χ3v) is 3.74. The molecule has 2 unspecified atom stereocenters. The maximum atomic E-state index is 13.0. The zero-order chi connectivity index (χ0) is 15.5. The fraction of sp³-hybridized carbons (Fsp3) is 0.533. The van der Waals surface area contributed by atoms with Crippen LogP contribution in [-0.4, -0.2) is 18.1 Å². The number of alkyl halides is 3. The van der Waals surface area contributed by atoms with Gasteiger partial charge < -0.3 is 10.6 Å². The second-order valence-corrected chi connectivity index (χ2v) is 5.44. The highest BCUT2D eigenvalue weighted by Crippen LogP contribution is 2.39. The summed E-state index contributed by atoms with van der Waals surface area (Å²) in [5.41, 5.74) is 1.27. The van der Waals surface area contributed by atoms with E-state index in [9.17, 15) is 18.0 Å². The largest absolute Gasteiger partial charge is 0.393 e. The molecule has 0 heterocycles. The number of rotatable bonds is 3. The van der Waals surface area contributed by atoms with Gasteiger partial charge in [-0.05, 0) is 37.1 Å². The first kappa shape index (κ1) is 15.7. The van der Waals surface area contributed by atoms with E-state index in [1.807, 2.05) is 0 Å². The predicted octanol–water partition coefficient (Wildman–Crippen LogP) is 4.18. The van der Waals surface area contributed by atoms with E-state index in [1.54, 1.807) is 24.3 Å². The van der Waals surface area contributed by atoms with Gasteiger partial charge in [-0.1, -0.05) is 12.8 Å². The molecule has 0 saturated heterocycles. The van der Waals surface area contributed by atoms with E-state index in [1.165, 1.54) is 6.92 Å². The minimum atomic E-state index is -4.16. The van der Waals surface area contributed by atoms with E-state index >= 15 is 0 Å². The fourth-order valence-electron chi connectivity index (χ4n) is 2.76. The molecular formula is C15H19F3N2O. The molecule has 3 nitrogen and oxygen atoms in total. The summed E-state index contributed by atoms with van der Waals surface area (Å²) in [6, 6.07) is 6.15. The summed E-state index contributed by atoms with van der Waals surface area (Å²) < 4.78 is 39.0. The average molecular weight is 300 g/mol. The Morgan fingerprint density at radius 3 is 2.24 bits per heavy atom. The highest BCUT2D eigenvalue weighted by molar-refractivity contribution is 5.88. The van der Waals surface area contributed by atoms with Gasteiger partial charge in [0, 0.05) is 24.3 Å². The van der Waals surface area contributed by atoms with Crippen LogP contribution in [0, 0.1) is 5.92 Å². The SMILES string of the molecule is CC(=O)Nc1ccc(NC2CCCCC2C(F)(F)F)cc1. The Kier molecular flexibility index (Phi) is 4.75. The van der Waals surface area contributed by atoms with Gasteiger partial charge in [0.05, 0.1) is 5.92 Å².